The van der Waals surface area contributed by atoms with E-state index in [0.29, 0.717) is 6.42 Å². The van der Waals surface area contributed by atoms with E-state index < -0.39 is 28.6 Å². The zero-order valence-electron chi connectivity index (χ0n) is 12.8. The van der Waals surface area contributed by atoms with Crippen LogP contribution in [0.25, 0.3) is 0 Å². The summed E-state index contributed by atoms with van der Waals surface area (Å²) in [5.41, 5.74) is -0.0266. The molecule has 0 spiro atoms. The number of nitrogens with zero attached hydrogens (tertiary/aromatic N) is 1. The lowest BCUT2D eigenvalue weighted by molar-refractivity contribution is -0.384. The minimum absolute atomic E-state index is 0.124. The normalized spacial score (nSPS) is 27.0. The number of fused-ring (bicyclic) bond motifs is 2. The Bertz CT molecular complexity index is 744. The number of aliphatic carboxylic acids is 1. The van der Waals surface area contributed by atoms with Gasteiger partial charge in [0.15, 0.2) is 0 Å². The number of amides is 1. The van der Waals surface area contributed by atoms with Gasteiger partial charge in [-0.25, -0.2) is 0 Å². The van der Waals surface area contributed by atoms with Crippen molar-refractivity contribution in [2.24, 2.45) is 23.7 Å². The zero-order chi connectivity index (χ0) is 17.4. The predicted molar refractivity (Wildman–Crippen MR) is 83.6 cm³/mol. The lowest BCUT2D eigenvalue weighted by Gasteiger charge is -2.24. The smallest absolute Gasteiger partial charge is 0.307 e. The minimum Gasteiger partial charge on any atom is -0.495 e. The molecule has 0 saturated heterocycles. The second kappa shape index (κ2) is 5.95. The van der Waals surface area contributed by atoms with Crippen molar-refractivity contribution in [1.29, 1.82) is 0 Å². The lowest BCUT2D eigenvalue weighted by atomic mass is 9.82. The molecule has 1 saturated carbocycles. The molecule has 4 atom stereocenters. The first-order valence-electron chi connectivity index (χ1n) is 7.46. The van der Waals surface area contributed by atoms with Gasteiger partial charge in [-0.15, -0.1) is 0 Å². The van der Waals surface area contributed by atoms with Crippen LogP contribution in [0.1, 0.15) is 6.42 Å². The van der Waals surface area contributed by atoms with Gasteiger partial charge >= 0.3 is 5.97 Å². The van der Waals surface area contributed by atoms with E-state index in [2.05, 4.69) is 5.32 Å². The van der Waals surface area contributed by atoms with E-state index in [-0.39, 0.29) is 29.0 Å². The van der Waals surface area contributed by atoms with Crippen LogP contribution in [0.2, 0.25) is 0 Å². The maximum atomic E-state index is 12.6. The molecule has 1 amide bonds. The van der Waals surface area contributed by atoms with Crippen LogP contribution < -0.4 is 10.1 Å². The molecule has 8 nitrogen and oxygen atoms in total. The number of carbonyl (C=O) groups excluding carboxylic acids is 1. The maximum Gasteiger partial charge on any atom is 0.307 e. The number of carboxylic acid groups (broad SMARTS) is 1. The Balaban J connectivity index is 1.87. The molecule has 0 heterocycles. The van der Waals surface area contributed by atoms with E-state index in [9.17, 15) is 24.8 Å². The highest BCUT2D eigenvalue weighted by Crippen LogP contribution is 2.48. The molecule has 0 unspecified atom stereocenters. The summed E-state index contributed by atoms with van der Waals surface area (Å²) in [7, 11) is 1.39. The highest BCUT2D eigenvalue weighted by Gasteiger charge is 2.51. The molecule has 1 aromatic rings. The van der Waals surface area contributed by atoms with E-state index in [1.807, 2.05) is 12.2 Å². The van der Waals surface area contributed by atoms with Gasteiger partial charge in [0.25, 0.3) is 5.69 Å². The quantitative estimate of drug-likeness (QED) is 0.484. The summed E-state index contributed by atoms with van der Waals surface area (Å²) in [5.74, 6) is -2.92. The number of carboxylic acids is 1. The van der Waals surface area contributed by atoms with Crippen molar-refractivity contribution in [3.63, 3.8) is 0 Å². The topological polar surface area (TPSA) is 119 Å². The number of anilines is 1. The van der Waals surface area contributed by atoms with Crippen LogP contribution in [0, 0.1) is 33.8 Å². The van der Waals surface area contributed by atoms with Crippen molar-refractivity contribution in [2.45, 2.75) is 6.42 Å². The number of nitro groups is 1. The van der Waals surface area contributed by atoms with Gasteiger partial charge < -0.3 is 15.2 Å². The molecule has 2 aliphatic rings. The number of hydrogen-bond donors (Lipinski definition) is 2. The van der Waals surface area contributed by atoms with Gasteiger partial charge in [0, 0.05) is 12.1 Å². The van der Waals surface area contributed by atoms with E-state index >= 15 is 0 Å². The fourth-order valence-corrected chi connectivity index (χ4v) is 3.64. The third-order valence-electron chi connectivity index (χ3n) is 4.70. The Morgan fingerprint density at radius 3 is 2.54 bits per heavy atom. The Hall–Kier alpha value is -2.90. The van der Waals surface area contributed by atoms with Gasteiger partial charge in [0.05, 0.1) is 29.6 Å². The number of non-ortho nitro benzene ring substituents is 1. The van der Waals surface area contributed by atoms with Gasteiger partial charge in [0.1, 0.15) is 5.75 Å². The van der Waals surface area contributed by atoms with E-state index in [1.165, 1.54) is 25.3 Å². The molecule has 0 aliphatic heterocycles. The lowest BCUT2D eigenvalue weighted by Crippen LogP contribution is -2.36. The van der Waals surface area contributed by atoms with Crippen molar-refractivity contribution in [2.75, 3.05) is 12.4 Å². The van der Waals surface area contributed by atoms with Crippen LogP contribution in [0.3, 0.4) is 0 Å². The number of hydrogen-bond acceptors (Lipinski definition) is 5. The first-order valence-corrected chi connectivity index (χ1v) is 7.46. The van der Waals surface area contributed by atoms with Gasteiger partial charge in [0.2, 0.25) is 5.91 Å². The molecule has 1 fully saturated rings. The molecule has 2 bridgehead atoms. The van der Waals surface area contributed by atoms with Gasteiger partial charge in [-0.2, -0.15) is 0 Å². The second-order valence-electron chi connectivity index (χ2n) is 5.97. The fraction of sp³-hybridized carbons (Fsp3) is 0.375. The molecule has 8 heteroatoms. The number of benzene rings is 1. The largest absolute Gasteiger partial charge is 0.495 e. The third-order valence-corrected chi connectivity index (χ3v) is 4.70. The standard InChI is InChI=1S/C16H16N2O6/c1-24-12-5-4-10(18(22)23)7-11(12)17-15(19)13-8-2-3-9(6-8)14(13)16(20)21/h2-5,7-9,13-14H,6H2,1H3,(H,17,19)(H,20,21)/t8-,9+,13-,14+/m1/s1. The third kappa shape index (κ3) is 2.60. The van der Waals surface area contributed by atoms with Crippen molar-refractivity contribution in [3.8, 4) is 5.75 Å². The van der Waals surface area contributed by atoms with Crippen LogP contribution in [-0.4, -0.2) is 29.0 Å². The molecule has 0 aromatic heterocycles. The second-order valence-corrected chi connectivity index (χ2v) is 5.97. The molecular weight excluding hydrogens is 316 g/mol. The van der Waals surface area contributed by atoms with Crippen molar-refractivity contribution in [3.05, 3.63) is 40.5 Å². The Labute approximate surface area is 137 Å². The molecule has 24 heavy (non-hydrogen) atoms. The Morgan fingerprint density at radius 1 is 1.29 bits per heavy atom. The number of methoxy groups -OCH3 is 1. The summed E-state index contributed by atoms with van der Waals surface area (Å²) in [6.45, 7) is 0. The minimum atomic E-state index is -1.00. The van der Waals surface area contributed by atoms with Crippen molar-refractivity contribution >= 4 is 23.3 Å². The molecule has 1 aromatic carbocycles. The first-order chi connectivity index (χ1) is 11.4. The van der Waals surface area contributed by atoms with Crippen LogP contribution in [0.5, 0.6) is 5.75 Å². The van der Waals surface area contributed by atoms with Gasteiger partial charge in [-0.05, 0) is 24.3 Å². The number of carbonyl (C=O) groups is 2. The summed E-state index contributed by atoms with van der Waals surface area (Å²) >= 11 is 0. The number of rotatable bonds is 5. The molecule has 3 rings (SSSR count). The summed E-state index contributed by atoms with van der Waals surface area (Å²) in [4.78, 5) is 34.5. The van der Waals surface area contributed by atoms with E-state index in [1.54, 1.807) is 0 Å². The van der Waals surface area contributed by atoms with Crippen LogP contribution in [0.15, 0.2) is 30.4 Å². The first kappa shape index (κ1) is 16.0. The zero-order valence-corrected chi connectivity index (χ0v) is 12.8. The highest BCUT2D eigenvalue weighted by molar-refractivity contribution is 5.97. The SMILES string of the molecule is COc1ccc([N+](=O)[O-])cc1NC(=O)[C@H]1[C@@H](C(=O)O)[C@H]2C=C[C@@H]1C2. The van der Waals surface area contributed by atoms with E-state index in [0.717, 1.165) is 0 Å². The van der Waals surface area contributed by atoms with Crippen molar-refractivity contribution in [1.82, 2.24) is 0 Å². The number of ether oxygens (including phenoxy) is 1. The average Bonchev–Trinajstić information content (AvgIpc) is 3.15. The molecule has 126 valence electrons. The van der Waals surface area contributed by atoms with Crippen molar-refractivity contribution < 1.29 is 24.4 Å². The predicted octanol–water partition coefficient (Wildman–Crippen LogP) is 2.06. The summed E-state index contributed by atoms with van der Waals surface area (Å²) in [5, 5.41) is 22.9. The molecule has 2 aliphatic carbocycles. The number of nitro benzene ring substituents is 1. The van der Waals surface area contributed by atoms with Crippen LogP contribution in [-0.2, 0) is 9.59 Å². The van der Waals surface area contributed by atoms with Crippen LogP contribution in [0.4, 0.5) is 11.4 Å². The van der Waals surface area contributed by atoms with Gasteiger partial charge in [-0.3, -0.25) is 19.7 Å². The number of allylic oxidation sites excluding steroid dienone is 2. The van der Waals surface area contributed by atoms with Gasteiger partial charge in [-0.1, -0.05) is 12.2 Å². The monoisotopic (exact) mass is 332 g/mol. The van der Waals surface area contributed by atoms with E-state index in [4.69, 9.17) is 4.74 Å². The summed E-state index contributed by atoms with van der Waals surface area (Å²) in [6, 6.07) is 3.87. The molecule has 0 radical (unpaired) electrons. The highest BCUT2D eigenvalue weighted by atomic mass is 16.6. The Morgan fingerprint density at radius 2 is 1.96 bits per heavy atom. The maximum absolute atomic E-state index is 12.6. The molecular formula is C16H16N2O6. The summed E-state index contributed by atoms with van der Waals surface area (Å²) < 4.78 is 5.11. The average molecular weight is 332 g/mol. The fourth-order valence-electron chi connectivity index (χ4n) is 3.64. The number of nitrogens with one attached hydrogen (secondary N) is 1. The molecule has 2 N–H and O–H groups in total. The Kier molecular flexibility index (Phi) is 3.96. The van der Waals surface area contributed by atoms with Crippen LogP contribution >= 0.6 is 0 Å². The summed E-state index contributed by atoms with van der Waals surface area (Å²) in [6.07, 6.45) is 4.36.